The second-order valence-corrected chi connectivity index (χ2v) is 3.93. The molecular weight excluding hydrogens is 206 g/mol. The molecule has 0 radical (unpaired) electrons. The molecule has 0 fully saturated rings. The third kappa shape index (κ3) is 8.44. The maximum absolute atomic E-state index is 4.18. The molecule has 2 rings (SSSR count). The highest BCUT2D eigenvalue weighted by molar-refractivity contribution is 5.77. The van der Waals surface area contributed by atoms with Crippen molar-refractivity contribution in [2.45, 2.75) is 42.0 Å². The fourth-order valence-electron chi connectivity index (χ4n) is 1.02. The largest absolute Gasteiger partial charge is 0.256 e. The number of hydrogen-bond acceptors (Lipinski definition) is 1. The molecule has 1 aromatic carbocycles. The lowest BCUT2D eigenvalue weighted by Crippen LogP contribution is -1.73. The van der Waals surface area contributed by atoms with Gasteiger partial charge in [0.05, 0.1) is 5.52 Å². The van der Waals surface area contributed by atoms with Crippen LogP contribution in [0.5, 0.6) is 0 Å². The number of fused-ring (bicyclic) bond motifs is 1. The Morgan fingerprint density at radius 1 is 0.882 bits per heavy atom. The van der Waals surface area contributed by atoms with Crippen LogP contribution in [0.3, 0.4) is 0 Å². The summed E-state index contributed by atoms with van der Waals surface area (Å²) in [6.07, 6.45) is 1.81. The van der Waals surface area contributed by atoms with E-state index in [2.05, 4.69) is 37.9 Å². The normalized spacial score (nSPS) is 8.35. The van der Waals surface area contributed by atoms with Gasteiger partial charge in [0.2, 0.25) is 0 Å². The van der Waals surface area contributed by atoms with E-state index in [-0.39, 0.29) is 7.43 Å². The molecule has 0 aliphatic rings. The van der Waals surface area contributed by atoms with Crippen LogP contribution in [0.1, 0.15) is 42.0 Å². The fraction of sp³-hybridized carbons (Fsp3) is 0.438. The second kappa shape index (κ2) is 11.1. The fourth-order valence-corrected chi connectivity index (χ4v) is 1.02. The molecule has 0 bridgehead atoms. The monoisotopic (exact) mass is 233 g/mol. The molecule has 0 unspecified atom stereocenters. The van der Waals surface area contributed by atoms with E-state index in [4.69, 9.17) is 0 Å². The van der Waals surface area contributed by atoms with Gasteiger partial charge in [0.25, 0.3) is 0 Å². The van der Waals surface area contributed by atoms with E-state index in [1.165, 1.54) is 5.39 Å². The van der Waals surface area contributed by atoms with E-state index in [9.17, 15) is 0 Å². The number of nitrogens with zero attached hydrogens (tertiary/aromatic N) is 1. The summed E-state index contributed by atoms with van der Waals surface area (Å²) in [5, 5.41) is 1.20. The summed E-state index contributed by atoms with van der Waals surface area (Å²) < 4.78 is 0. The zero-order valence-corrected chi connectivity index (χ0v) is 11.1. The standard InChI is InChI=1S/C9H7N.C4H10.C2H6.CH4/c1-2-6-9-8(4-1)5-3-7-10-9;1-4(2)3;1-2;/h1-7H;4H,1-3H3;1-2H3;1H4. The summed E-state index contributed by atoms with van der Waals surface area (Å²) in [4.78, 5) is 4.18. The molecule has 1 heteroatoms. The molecule has 0 aliphatic heterocycles. The lowest BCUT2D eigenvalue weighted by Gasteiger charge is -1.91. The quantitative estimate of drug-likeness (QED) is 0.580. The first-order valence-corrected chi connectivity index (χ1v) is 6.00. The Labute approximate surface area is 107 Å². The number of benzene rings is 1. The molecule has 2 aromatic rings. The summed E-state index contributed by atoms with van der Waals surface area (Å²) in [5.74, 6) is 0.833. The lowest BCUT2D eigenvalue weighted by molar-refractivity contribution is 0.737. The number of hydrogen-bond donors (Lipinski definition) is 0. The van der Waals surface area contributed by atoms with Crippen LogP contribution >= 0.6 is 0 Å². The molecule has 0 saturated heterocycles. The molecule has 1 heterocycles. The van der Waals surface area contributed by atoms with Crippen molar-refractivity contribution in [1.29, 1.82) is 0 Å². The predicted octanol–water partition coefficient (Wildman–Crippen LogP) is 5.56. The van der Waals surface area contributed by atoms with Gasteiger partial charge < -0.3 is 0 Å². The zero-order chi connectivity index (χ0) is 12.4. The van der Waals surface area contributed by atoms with Gasteiger partial charge in [0.1, 0.15) is 0 Å². The van der Waals surface area contributed by atoms with Crippen LogP contribution in [0.4, 0.5) is 0 Å². The molecule has 1 nitrogen and oxygen atoms in total. The Balaban J connectivity index is 0. The van der Waals surface area contributed by atoms with Gasteiger partial charge in [0.15, 0.2) is 0 Å². The average Bonchev–Trinajstić information content (AvgIpc) is 2.31. The topological polar surface area (TPSA) is 12.9 Å². The zero-order valence-electron chi connectivity index (χ0n) is 11.1. The van der Waals surface area contributed by atoms with Crippen molar-refractivity contribution in [3.63, 3.8) is 0 Å². The van der Waals surface area contributed by atoms with Crippen LogP contribution in [0.25, 0.3) is 10.9 Å². The first-order valence-electron chi connectivity index (χ1n) is 6.00. The molecule has 0 spiro atoms. The summed E-state index contributed by atoms with van der Waals surface area (Å²) in [5.41, 5.74) is 1.06. The number of pyridine rings is 1. The van der Waals surface area contributed by atoms with Gasteiger partial charge in [-0.05, 0) is 18.1 Å². The summed E-state index contributed by atoms with van der Waals surface area (Å²) in [7, 11) is 0. The molecule has 1 aromatic heterocycles. The first-order chi connectivity index (χ1) is 7.70. The molecule has 96 valence electrons. The van der Waals surface area contributed by atoms with Crippen LogP contribution in [0.2, 0.25) is 0 Å². The molecule has 0 N–H and O–H groups in total. The highest BCUT2D eigenvalue weighted by Gasteiger charge is 1.86. The van der Waals surface area contributed by atoms with Crippen LogP contribution in [-0.2, 0) is 0 Å². The molecule has 0 aliphatic carbocycles. The Bertz CT molecular complexity index is 312. The van der Waals surface area contributed by atoms with E-state index >= 15 is 0 Å². The van der Waals surface area contributed by atoms with Crippen molar-refractivity contribution in [3.8, 4) is 0 Å². The lowest BCUT2D eigenvalue weighted by atomic mass is 10.2. The Kier molecular flexibility index (Phi) is 11.8. The van der Waals surface area contributed by atoms with E-state index in [0.29, 0.717) is 0 Å². The second-order valence-electron chi connectivity index (χ2n) is 3.93. The summed E-state index contributed by atoms with van der Waals surface area (Å²) in [6, 6.07) is 12.1. The van der Waals surface area contributed by atoms with Crippen molar-refractivity contribution in [2.75, 3.05) is 0 Å². The van der Waals surface area contributed by atoms with E-state index in [1.54, 1.807) is 0 Å². The van der Waals surface area contributed by atoms with Gasteiger partial charge in [-0.25, -0.2) is 0 Å². The average molecular weight is 233 g/mol. The van der Waals surface area contributed by atoms with Gasteiger partial charge in [-0.1, -0.05) is 66.3 Å². The van der Waals surface area contributed by atoms with E-state index in [0.717, 1.165) is 11.4 Å². The van der Waals surface area contributed by atoms with Gasteiger partial charge in [-0.3, -0.25) is 4.98 Å². The Hall–Kier alpha value is -1.37. The van der Waals surface area contributed by atoms with Gasteiger partial charge in [0, 0.05) is 11.6 Å². The van der Waals surface area contributed by atoms with Gasteiger partial charge in [-0.2, -0.15) is 0 Å². The highest BCUT2D eigenvalue weighted by atomic mass is 14.6. The van der Waals surface area contributed by atoms with Crippen molar-refractivity contribution >= 4 is 10.9 Å². The molecular formula is C16H27N. The van der Waals surface area contributed by atoms with Gasteiger partial charge in [-0.15, -0.1) is 0 Å². The van der Waals surface area contributed by atoms with E-state index in [1.807, 2.05) is 44.3 Å². The highest BCUT2D eigenvalue weighted by Crippen LogP contribution is 2.07. The maximum atomic E-state index is 4.18. The van der Waals surface area contributed by atoms with Crippen molar-refractivity contribution in [2.24, 2.45) is 5.92 Å². The molecule has 0 atom stereocenters. The van der Waals surface area contributed by atoms with Crippen LogP contribution < -0.4 is 0 Å². The Morgan fingerprint density at radius 3 is 1.88 bits per heavy atom. The third-order valence-corrected chi connectivity index (χ3v) is 1.51. The summed E-state index contributed by atoms with van der Waals surface area (Å²) in [6.45, 7) is 10.5. The third-order valence-electron chi connectivity index (χ3n) is 1.51. The minimum absolute atomic E-state index is 0. The minimum atomic E-state index is 0. The van der Waals surface area contributed by atoms with Crippen LogP contribution in [0, 0.1) is 5.92 Å². The number of para-hydroxylation sites is 1. The minimum Gasteiger partial charge on any atom is -0.256 e. The Morgan fingerprint density at radius 2 is 1.35 bits per heavy atom. The summed E-state index contributed by atoms with van der Waals surface area (Å²) >= 11 is 0. The van der Waals surface area contributed by atoms with Crippen molar-refractivity contribution in [1.82, 2.24) is 4.98 Å². The molecule has 0 saturated carbocycles. The van der Waals surface area contributed by atoms with Crippen LogP contribution in [0.15, 0.2) is 42.6 Å². The van der Waals surface area contributed by atoms with Crippen molar-refractivity contribution in [3.05, 3.63) is 42.6 Å². The smallest absolute Gasteiger partial charge is 0.0701 e. The SMILES string of the molecule is C.CC.CC(C)C.c1ccc2ncccc2c1. The molecule has 17 heavy (non-hydrogen) atoms. The predicted molar refractivity (Wildman–Crippen MR) is 80.3 cm³/mol. The van der Waals surface area contributed by atoms with E-state index < -0.39 is 0 Å². The van der Waals surface area contributed by atoms with Crippen LogP contribution in [-0.4, -0.2) is 4.98 Å². The molecule has 0 amide bonds. The maximum Gasteiger partial charge on any atom is 0.0701 e. The van der Waals surface area contributed by atoms with Crippen molar-refractivity contribution < 1.29 is 0 Å². The first kappa shape index (κ1) is 18.0. The van der Waals surface area contributed by atoms with Gasteiger partial charge >= 0.3 is 0 Å². The number of rotatable bonds is 0. The number of aromatic nitrogens is 1.